The van der Waals surface area contributed by atoms with Crippen LogP contribution in [0.15, 0.2) is 28.6 Å². The summed E-state index contributed by atoms with van der Waals surface area (Å²) in [7, 11) is -1.21. The number of nitrogens with zero attached hydrogens (tertiary/aromatic N) is 2. The lowest BCUT2D eigenvalue weighted by Gasteiger charge is -2.28. The van der Waals surface area contributed by atoms with Crippen LogP contribution in [0.25, 0.3) is 10.2 Å². The number of likely N-dealkylation sites (tertiary alicyclic amines) is 1. The third-order valence-corrected chi connectivity index (χ3v) is 6.62. The van der Waals surface area contributed by atoms with E-state index in [1.807, 2.05) is 45.0 Å². The number of para-hydroxylation sites is 1. The Morgan fingerprint density at radius 2 is 2.17 bits per heavy atom. The first-order valence-electron chi connectivity index (χ1n) is 8.07. The zero-order valence-electron chi connectivity index (χ0n) is 14.2. The van der Waals surface area contributed by atoms with Gasteiger partial charge in [-0.15, -0.1) is 11.3 Å². The van der Waals surface area contributed by atoms with Crippen LogP contribution in [-0.4, -0.2) is 44.1 Å². The average molecular weight is 367 g/mol. The number of hydrogen-bond donors (Lipinski definition) is 0. The first-order valence-corrected chi connectivity index (χ1v) is 10.2. The summed E-state index contributed by atoms with van der Waals surface area (Å²) in [6.07, 6.45) is 1.46. The molecule has 0 aliphatic carbocycles. The minimum Gasteiger partial charge on any atom is -0.444 e. The van der Waals surface area contributed by atoms with E-state index >= 15 is 0 Å². The number of ether oxygens (including phenoxy) is 1. The fourth-order valence-corrected chi connectivity index (χ4v) is 5.35. The monoisotopic (exact) mass is 366 g/mol. The van der Waals surface area contributed by atoms with Gasteiger partial charge in [0.1, 0.15) is 5.60 Å². The molecule has 2 aromatic rings. The van der Waals surface area contributed by atoms with Crippen molar-refractivity contribution in [2.24, 2.45) is 0 Å². The smallest absolute Gasteiger partial charge is 0.410 e. The predicted molar refractivity (Wildman–Crippen MR) is 96.9 cm³/mol. The topological polar surface area (TPSA) is 59.5 Å². The Morgan fingerprint density at radius 1 is 1.42 bits per heavy atom. The van der Waals surface area contributed by atoms with E-state index in [0.717, 1.165) is 23.1 Å². The van der Waals surface area contributed by atoms with Gasteiger partial charge in [-0.3, -0.25) is 4.21 Å². The molecule has 1 aliphatic rings. The van der Waals surface area contributed by atoms with Crippen molar-refractivity contribution >= 4 is 38.4 Å². The van der Waals surface area contributed by atoms with E-state index in [2.05, 4.69) is 4.98 Å². The van der Waals surface area contributed by atoms with Gasteiger partial charge in [0.25, 0.3) is 0 Å². The van der Waals surface area contributed by atoms with E-state index in [0.29, 0.717) is 16.6 Å². The molecule has 1 aromatic heterocycles. The van der Waals surface area contributed by atoms with Crippen molar-refractivity contribution < 1.29 is 13.7 Å². The minimum absolute atomic E-state index is 0.0484. The third-order valence-electron chi connectivity index (χ3n) is 3.82. The van der Waals surface area contributed by atoms with Crippen LogP contribution in [0, 0.1) is 0 Å². The zero-order valence-corrected chi connectivity index (χ0v) is 15.8. The number of thiazole rings is 1. The van der Waals surface area contributed by atoms with Crippen molar-refractivity contribution in [2.75, 3.05) is 12.3 Å². The van der Waals surface area contributed by atoms with Crippen molar-refractivity contribution in [1.29, 1.82) is 0 Å². The molecule has 24 heavy (non-hydrogen) atoms. The van der Waals surface area contributed by atoms with Gasteiger partial charge in [-0.2, -0.15) is 0 Å². The molecule has 5 nitrogen and oxygen atoms in total. The molecule has 1 amide bonds. The van der Waals surface area contributed by atoms with Gasteiger partial charge in [0.15, 0.2) is 4.34 Å². The summed E-state index contributed by atoms with van der Waals surface area (Å²) < 4.78 is 19.8. The number of hydrogen-bond acceptors (Lipinski definition) is 5. The van der Waals surface area contributed by atoms with E-state index in [1.54, 1.807) is 4.90 Å². The molecule has 0 spiro atoms. The first-order chi connectivity index (χ1) is 11.3. The highest BCUT2D eigenvalue weighted by molar-refractivity contribution is 7.87. The average Bonchev–Trinajstić information content (AvgIpc) is 3.11. The molecule has 1 saturated heterocycles. The fraction of sp³-hybridized carbons (Fsp3) is 0.529. The third kappa shape index (κ3) is 3.95. The van der Waals surface area contributed by atoms with E-state index in [4.69, 9.17) is 4.74 Å². The van der Waals surface area contributed by atoms with E-state index in [-0.39, 0.29) is 12.1 Å². The van der Waals surface area contributed by atoms with E-state index < -0.39 is 16.4 Å². The molecular formula is C17H22N2O3S2. The van der Waals surface area contributed by atoms with Gasteiger partial charge in [-0.1, -0.05) is 12.1 Å². The molecular weight excluding hydrogens is 344 g/mol. The quantitative estimate of drug-likeness (QED) is 0.829. The highest BCUT2D eigenvalue weighted by Gasteiger charge is 2.33. The Labute approximate surface area is 148 Å². The number of amides is 1. The lowest BCUT2D eigenvalue weighted by molar-refractivity contribution is 0.0241. The van der Waals surface area contributed by atoms with Crippen LogP contribution in [0.3, 0.4) is 0 Å². The largest absolute Gasteiger partial charge is 0.444 e. The molecule has 1 fully saturated rings. The van der Waals surface area contributed by atoms with Crippen molar-refractivity contribution in [3.8, 4) is 0 Å². The van der Waals surface area contributed by atoms with E-state index in [1.165, 1.54) is 11.3 Å². The van der Waals surface area contributed by atoms with Gasteiger partial charge in [0.2, 0.25) is 0 Å². The molecule has 0 N–H and O–H groups in total. The maximum absolute atomic E-state index is 12.7. The number of rotatable bonds is 3. The van der Waals surface area contributed by atoms with Crippen LogP contribution in [0.2, 0.25) is 0 Å². The Balaban J connectivity index is 1.69. The fourth-order valence-electron chi connectivity index (χ4n) is 2.76. The maximum Gasteiger partial charge on any atom is 0.410 e. The molecule has 1 aliphatic heterocycles. The highest BCUT2D eigenvalue weighted by Crippen LogP contribution is 2.27. The molecule has 7 heteroatoms. The highest BCUT2D eigenvalue weighted by atomic mass is 32.2. The van der Waals surface area contributed by atoms with Crippen molar-refractivity contribution in [3.63, 3.8) is 0 Å². The minimum atomic E-state index is -1.21. The molecule has 2 heterocycles. The zero-order chi connectivity index (χ0) is 17.3. The molecule has 1 aromatic carbocycles. The molecule has 0 radical (unpaired) electrons. The van der Waals surface area contributed by atoms with Crippen LogP contribution >= 0.6 is 11.3 Å². The van der Waals surface area contributed by atoms with E-state index in [9.17, 15) is 9.00 Å². The van der Waals surface area contributed by atoms with Crippen molar-refractivity contribution in [2.45, 2.75) is 49.6 Å². The lowest BCUT2D eigenvalue weighted by atomic mass is 10.2. The van der Waals surface area contributed by atoms with Gasteiger partial charge < -0.3 is 9.64 Å². The van der Waals surface area contributed by atoms with Crippen LogP contribution in [0.4, 0.5) is 4.79 Å². The Bertz CT molecular complexity index is 734. The summed E-state index contributed by atoms with van der Waals surface area (Å²) in [4.78, 5) is 18.5. The summed E-state index contributed by atoms with van der Waals surface area (Å²) in [6, 6.07) is 7.74. The molecule has 0 bridgehead atoms. The van der Waals surface area contributed by atoms with Crippen molar-refractivity contribution in [1.82, 2.24) is 9.88 Å². The van der Waals surface area contributed by atoms with Gasteiger partial charge in [0, 0.05) is 12.6 Å². The molecule has 3 rings (SSSR count). The molecule has 0 saturated carbocycles. The van der Waals surface area contributed by atoms with Gasteiger partial charge >= 0.3 is 6.09 Å². The maximum atomic E-state index is 12.7. The predicted octanol–water partition coefficient (Wildman–Crippen LogP) is 3.80. The lowest BCUT2D eigenvalue weighted by Crippen LogP contribution is -2.42. The number of aromatic nitrogens is 1. The molecule has 2 atom stereocenters. The summed E-state index contributed by atoms with van der Waals surface area (Å²) in [5, 5.41) is 0. The Hall–Kier alpha value is -1.47. The van der Waals surface area contributed by atoms with Crippen molar-refractivity contribution in [3.05, 3.63) is 24.3 Å². The van der Waals surface area contributed by atoms with Gasteiger partial charge in [-0.25, -0.2) is 9.78 Å². The molecule has 0 unspecified atom stereocenters. The number of carbonyl (C=O) groups is 1. The summed E-state index contributed by atoms with van der Waals surface area (Å²) >= 11 is 1.46. The second-order valence-corrected chi connectivity index (χ2v) is 9.63. The molecule has 130 valence electrons. The number of fused-ring (bicyclic) bond motifs is 1. The SMILES string of the molecule is CC(C)(C)OC(=O)N1CCC[C@@H]1C[S@](=O)c1nc2ccccc2s1. The standard InChI is InChI=1S/C17H22N2O3S2/c1-17(2,3)22-16(20)19-10-6-7-12(19)11-24(21)15-18-13-8-4-5-9-14(13)23-15/h4-5,8-9,12H,6-7,10-11H2,1-3H3/t12-,24+/m1/s1. The van der Waals surface area contributed by atoms with Gasteiger partial charge in [-0.05, 0) is 45.7 Å². The first kappa shape index (κ1) is 17.4. The normalized spacial score (nSPS) is 19.6. The second kappa shape index (κ2) is 6.80. The Morgan fingerprint density at radius 3 is 2.88 bits per heavy atom. The second-order valence-electron chi connectivity index (χ2n) is 6.93. The van der Waals surface area contributed by atoms with Crippen LogP contribution in [0.1, 0.15) is 33.6 Å². The summed E-state index contributed by atoms with van der Waals surface area (Å²) in [6.45, 7) is 6.23. The summed E-state index contributed by atoms with van der Waals surface area (Å²) in [5.41, 5.74) is 0.359. The van der Waals surface area contributed by atoms with Crippen LogP contribution in [-0.2, 0) is 15.5 Å². The van der Waals surface area contributed by atoms with Gasteiger partial charge in [0.05, 0.1) is 26.8 Å². The number of benzene rings is 1. The number of carbonyl (C=O) groups excluding carboxylic acids is 1. The summed E-state index contributed by atoms with van der Waals surface area (Å²) in [5.74, 6) is 0.416. The van der Waals surface area contributed by atoms with Crippen LogP contribution in [0.5, 0.6) is 0 Å². The Kier molecular flexibility index (Phi) is 4.92. The van der Waals surface area contributed by atoms with Crippen LogP contribution < -0.4 is 0 Å².